The maximum atomic E-state index is 12.9. The highest BCUT2D eigenvalue weighted by Crippen LogP contribution is 2.33. The number of nitrogens with zero attached hydrogens (tertiary/aromatic N) is 1. The number of aromatic nitrogens is 1. The number of hydrogen-bond donors (Lipinski definition) is 2. The highest BCUT2D eigenvalue weighted by Gasteiger charge is 2.30. The lowest BCUT2D eigenvalue weighted by Gasteiger charge is -2.14. The second-order valence-electron chi connectivity index (χ2n) is 6.15. The number of halogens is 3. The molecule has 9 heteroatoms. The van der Waals surface area contributed by atoms with E-state index in [9.17, 15) is 27.9 Å². The van der Waals surface area contributed by atoms with E-state index in [-0.39, 0.29) is 6.42 Å². The minimum Gasteiger partial charge on any atom is -0.479 e. The average Bonchev–Trinajstić information content (AvgIpc) is 3.14. The molecule has 1 amide bonds. The van der Waals surface area contributed by atoms with Gasteiger partial charge in [-0.1, -0.05) is 42.5 Å². The topological polar surface area (TPSA) is 79.3 Å². The minimum absolute atomic E-state index is 0.188. The molecule has 0 spiro atoms. The number of carboxylic acid groups (broad SMARTS) is 1. The van der Waals surface area contributed by atoms with Crippen molar-refractivity contribution in [3.05, 3.63) is 76.8 Å². The number of benzene rings is 2. The van der Waals surface area contributed by atoms with Crippen LogP contribution in [0.25, 0.3) is 10.6 Å². The average molecular weight is 420 g/mol. The molecule has 0 aliphatic rings. The van der Waals surface area contributed by atoms with E-state index in [1.165, 1.54) is 12.1 Å². The van der Waals surface area contributed by atoms with Crippen molar-refractivity contribution in [1.82, 2.24) is 10.3 Å². The first kappa shape index (κ1) is 20.5. The third-order valence-electron chi connectivity index (χ3n) is 4.02. The normalized spacial score (nSPS) is 12.4. The predicted octanol–water partition coefficient (Wildman–Crippen LogP) is 4.31. The fourth-order valence-electron chi connectivity index (χ4n) is 2.66. The first-order valence-corrected chi connectivity index (χ1v) is 9.31. The summed E-state index contributed by atoms with van der Waals surface area (Å²) >= 11 is 1.11. The van der Waals surface area contributed by atoms with Crippen LogP contribution in [-0.4, -0.2) is 22.0 Å². The zero-order valence-electron chi connectivity index (χ0n) is 14.8. The third-order valence-corrected chi connectivity index (χ3v) is 4.96. The van der Waals surface area contributed by atoms with Crippen LogP contribution in [0.5, 0.6) is 0 Å². The van der Waals surface area contributed by atoms with Crippen molar-refractivity contribution in [3.63, 3.8) is 0 Å². The number of alkyl halides is 3. The van der Waals surface area contributed by atoms with Crippen LogP contribution in [0.4, 0.5) is 13.2 Å². The SMILES string of the molecule is O=C(Cc1csc(-c2cccc(C(F)(F)F)c2)n1)N[C@@H](C(=O)O)c1ccccc1. The monoisotopic (exact) mass is 420 g/mol. The molecule has 3 aromatic rings. The molecule has 1 atom stereocenters. The van der Waals surface area contributed by atoms with Crippen molar-refractivity contribution in [2.24, 2.45) is 0 Å². The second-order valence-corrected chi connectivity index (χ2v) is 7.01. The van der Waals surface area contributed by atoms with Gasteiger partial charge in [-0.05, 0) is 17.7 Å². The van der Waals surface area contributed by atoms with Gasteiger partial charge in [-0.15, -0.1) is 11.3 Å². The summed E-state index contributed by atoms with van der Waals surface area (Å²) in [6.07, 6.45) is -4.65. The van der Waals surface area contributed by atoms with E-state index in [1.807, 2.05) is 0 Å². The Balaban J connectivity index is 1.71. The summed E-state index contributed by atoms with van der Waals surface area (Å²) in [6.45, 7) is 0. The van der Waals surface area contributed by atoms with Gasteiger partial charge >= 0.3 is 12.1 Å². The Morgan fingerprint density at radius 3 is 2.48 bits per heavy atom. The van der Waals surface area contributed by atoms with Crippen molar-refractivity contribution in [2.45, 2.75) is 18.6 Å². The molecule has 0 fully saturated rings. The highest BCUT2D eigenvalue weighted by atomic mass is 32.1. The van der Waals surface area contributed by atoms with Gasteiger partial charge < -0.3 is 10.4 Å². The Labute approximate surface area is 167 Å². The van der Waals surface area contributed by atoms with Crippen LogP contribution in [0.3, 0.4) is 0 Å². The van der Waals surface area contributed by atoms with Crippen LogP contribution in [0, 0.1) is 0 Å². The Kier molecular flexibility index (Phi) is 5.97. The van der Waals surface area contributed by atoms with E-state index in [0.717, 1.165) is 23.5 Å². The van der Waals surface area contributed by atoms with Gasteiger partial charge in [0.1, 0.15) is 5.01 Å². The summed E-state index contributed by atoms with van der Waals surface area (Å²) in [6, 6.07) is 11.8. The molecule has 0 radical (unpaired) electrons. The highest BCUT2D eigenvalue weighted by molar-refractivity contribution is 7.13. The first-order valence-electron chi connectivity index (χ1n) is 8.43. The number of amides is 1. The Bertz CT molecular complexity index is 1020. The number of thiazole rings is 1. The molecular weight excluding hydrogens is 405 g/mol. The van der Waals surface area contributed by atoms with Crippen LogP contribution in [0.1, 0.15) is 22.9 Å². The number of carbonyl (C=O) groups excluding carboxylic acids is 1. The smallest absolute Gasteiger partial charge is 0.416 e. The predicted molar refractivity (Wildman–Crippen MR) is 101 cm³/mol. The van der Waals surface area contributed by atoms with Gasteiger partial charge in [-0.25, -0.2) is 9.78 Å². The molecule has 3 rings (SSSR count). The lowest BCUT2D eigenvalue weighted by Crippen LogP contribution is -2.34. The molecule has 5 nitrogen and oxygen atoms in total. The van der Waals surface area contributed by atoms with Crippen molar-refractivity contribution in [1.29, 1.82) is 0 Å². The first-order chi connectivity index (χ1) is 13.7. The molecule has 0 saturated carbocycles. The maximum absolute atomic E-state index is 12.9. The van der Waals surface area contributed by atoms with Crippen LogP contribution in [-0.2, 0) is 22.2 Å². The van der Waals surface area contributed by atoms with E-state index in [0.29, 0.717) is 21.8 Å². The van der Waals surface area contributed by atoms with E-state index in [4.69, 9.17) is 0 Å². The number of rotatable bonds is 6. The molecule has 0 aliphatic carbocycles. The van der Waals surface area contributed by atoms with Crippen LogP contribution in [0.2, 0.25) is 0 Å². The zero-order valence-corrected chi connectivity index (χ0v) is 15.6. The van der Waals surface area contributed by atoms with Gasteiger partial charge in [0.15, 0.2) is 6.04 Å². The van der Waals surface area contributed by atoms with Gasteiger partial charge in [0.25, 0.3) is 0 Å². The number of nitrogens with one attached hydrogen (secondary N) is 1. The van der Waals surface area contributed by atoms with Crippen LogP contribution >= 0.6 is 11.3 Å². The van der Waals surface area contributed by atoms with Crippen molar-refractivity contribution >= 4 is 23.2 Å². The number of hydrogen-bond acceptors (Lipinski definition) is 4. The lowest BCUT2D eigenvalue weighted by molar-refractivity contribution is -0.142. The van der Waals surface area contributed by atoms with Gasteiger partial charge in [-0.3, -0.25) is 4.79 Å². The van der Waals surface area contributed by atoms with Crippen molar-refractivity contribution in [2.75, 3.05) is 0 Å². The lowest BCUT2D eigenvalue weighted by atomic mass is 10.1. The number of aliphatic carboxylic acids is 1. The number of carbonyl (C=O) groups is 2. The summed E-state index contributed by atoms with van der Waals surface area (Å²) in [7, 11) is 0. The summed E-state index contributed by atoms with van der Waals surface area (Å²) in [4.78, 5) is 28.0. The van der Waals surface area contributed by atoms with E-state index in [2.05, 4.69) is 10.3 Å². The van der Waals surface area contributed by atoms with Gasteiger partial charge in [0.2, 0.25) is 5.91 Å². The van der Waals surface area contributed by atoms with Crippen molar-refractivity contribution in [3.8, 4) is 10.6 Å². The molecule has 0 unspecified atom stereocenters. The molecule has 150 valence electrons. The summed E-state index contributed by atoms with van der Waals surface area (Å²) in [5.41, 5.74) is 0.286. The zero-order chi connectivity index (χ0) is 21.0. The molecule has 1 heterocycles. The summed E-state index contributed by atoms with van der Waals surface area (Å²) < 4.78 is 38.6. The standard InChI is InChI=1S/C20H15F3N2O3S/c21-20(22,23)14-8-4-7-13(9-14)18-24-15(11-29-18)10-16(26)25-17(19(27)28)12-5-2-1-3-6-12/h1-9,11,17H,10H2,(H,25,26)(H,27,28)/t17-/m1/s1. The minimum atomic E-state index is -4.46. The number of carboxylic acids is 1. The second kappa shape index (κ2) is 8.44. The largest absolute Gasteiger partial charge is 0.479 e. The van der Waals surface area contributed by atoms with Gasteiger partial charge in [0, 0.05) is 10.9 Å². The molecule has 0 saturated heterocycles. The molecule has 0 bridgehead atoms. The Morgan fingerprint density at radius 2 is 1.83 bits per heavy atom. The van der Waals surface area contributed by atoms with Crippen molar-refractivity contribution < 1.29 is 27.9 Å². The fourth-order valence-corrected chi connectivity index (χ4v) is 3.48. The quantitative estimate of drug-likeness (QED) is 0.623. The Morgan fingerprint density at radius 1 is 1.10 bits per heavy atom. The molecule has 2 N–H and O–H groups in total. The van der Waals surface area contributed by atoms with E-state index < -0.39 is 29.7 Å². The van der Waals surface area contributed by atoms with E-state index in [1.54, 1.807) is 35.7 Å². The molecule has 29 heavy (non-hydrogen) atoms. The van der Waals surface area contributed by atoms with Gasteiger partial charge in [0.05, 0.1) is 17.7 Å². The maximum Gasteiger partial charge on any atom is 0.416 e. The molecule has 0 aliphatic heterocycles. The van der Waals surface area contributed by atoms with Gasteiger partial charge in [-0.2, -0.15) is 13.2 Å². The fraction of sp³-hybridized carbons (Fsp3) is 0.150. The van der Waals surface area contributed by atoms with Crippen LogP contribution < -0.4 is 5.32 Å². The molecule has 2 aromatic carbocycles. The molecule has 1 aromatic heterocycles. The summed E-state index contributed by atoms with van der Waals surface area (Å²) in [5.74, 6) is -1.75. The van der Waals surface area contributed by atoms with E-state index >= 15 is 0 Å². The Hall–Kier alpha value is -3.20. The third kappa shape index (κ3) is 5.20. The summed E-state index contributed by atoms with van der Waals surface area (Å²) in [5, 5.41) is 13.7. The van der Waals surface area contributed by atoms with Crippen LogP contribution in [0.15, 0.2) is 60.0 Å². The molecular formula is C20H15F3N2O3S.